The molecule has 1 aliphatic rings. The summed E-state index contributed by atoms with van der Waals surface area (Å²) in [6.45, 7) is 6.59. The molecule has 0 unspecified atom stereocenters. The fourth-order valence-electron chi connectivity index (χ4n) is 1.86. The molecule has 0 radical (unpaired) electrons. The molecule has 2 heterocycles. The van der Waals surface area contributed by atoms with Crippen LogP contribution in [0.4, 0.5) is 5.95 Å². The number of carbonyl (C=O) groups excluding carboxylic acids is 1. The van der Waals surface area contributed by atoms with Gasteiger partial charge >= 0.3 is 0 Å². The Hall–Kier alpha value is -2.13. The minimum Gasteiger partial charge on any atom is -0.293 e. The lowest BCUT2D eigenvalue weighted by molar-refractivity contribution is -0.117. The summed E-state index contributed by atoms with van der Waals surface area (Å²) < 4.78 is 1.69. The van der Waals surface area contributed by atoms with Crippen LogP contribution in [0.2, 0.25) is 19.6 Å². The number of amides is 1. The molecule has 1 fully saturated rings. The molecule has 3 rings (SSSR count). The van der Waals surface area contributed by atoms with Crippen LogP contribution in [0.15, 0.2) is 18.2 Å². The van der Waals surface area contributed by atoms with E-state index < -0.39 is 8.07 Å². The Morgan fingerprint density at radius 1 is 1.38 bits per heavy atom. The standard InChI is InChI=1S/C15H18N4OSi/c1-21(2,3)10-9-12-5-4-6-13-16-15(18-19(12)13)17-14(20)11-7-8-11/h4-6,11H,7-8H2,1-3H3,(H,17,18,20). The highest BCUT2D eigenvalue weighted by Gasteiger charge is 2.30. The highest BCUT2D eigenvalue weighted by Crippen LogP contribution is 2.29. The van der Waals surface area contributed by atoms with Crippen molar-refractivity contribution >= 4 is 25.6 Å². The Morgan fingerprint density at radius 2 is 2.14 bits per heavy atom. The summed E-state index contributed by atoms with van der Waals surface area (Å²) in [5.74, 6) is 3.70. The summed E-state index contributed by atoms with van der Waals surface area (Å²) >= 11 is 0. The summed E-state index contributed by atoms with van der Waals surface area (Å²) in [5.41, 5.74) is 4.82. The van der Waals surface area contributed by atoms with Gasteiger partial charge in [-0.25, -0.2) is 4.52 Å². The van der Waals surface area contributed by atoms with Crippen LogP contribution in [-0.4, -0.2) is 28.6 Å². The van der Waals surface area contributed by atoms with Gasteiger partial charge < -0.3 is 0 Å². The largest absolute Gasteiger partial charge is 0.293 e. The van der Waals surface area contributed by atoms with Crippen molar-refractivity contribution in [2.45, 2.75) is 32.5 Å². The molecule has 0 saturated heterocycles. The van der Waals surface area contributed by atoms with Crippen molar-refractivity contribution in [3.05, 3.63) is 23.9 Å². The third-order valence-electron chi connectivity index (χ3n) is 3.11. The van der Waals surface area contributed by atoms with Crippen LogP contribution in [-0.2, 0) is 4.79 Å². The first-order valence-corrected chi connectivity index (χ1v) is 10.6. The molecular formula is C15H18N4OSi. The van der Waals surface area contributed by atoms with E-state index in [0.717, 1.165) is 18.5 Å². The van der Waals surface area contributed by atoms with Gasteiger partial charge in [0.15, 0.2) is 5.65 Å². The predicted octanol–water partition coefficient (Wildman–Crippen LogP) is 2.31. The van der Waals surface area contributed by atoms with E-state index in [4.69, 9.17) is 0 Å². The minimum absolute atomic E-state index is 0.0145. The fourth-order valence-corrected chi connectivity index (χ4v) is 2.37. The predicted molar refractivity (Wildman–Crippen MR) is 84.6 cm³/mol. The molecule has 0 spiro atoms. The summed E-state index contributed by atoms with van der Waals surface area (Å²) in [4.78, 5) is 16.1. The van der Waals surface area contributed by atoms with E-state index in [0.29, 0.717) is 11.6 Å². The van der Waals surface area contributed by atoms with Gasteiger partial charge in [-0.05, 0) is 25.0 Å². The average molecular weight is 298 g/mol. The van der Waals surface area contributed by atoms with E-state index in [1.54, 1.807) is 4.52 Å². The van der Waals surface area contributed by atoms with Crippen LogP contribution in [0.3, 0.4) is 0 Å². The second-order valence-corrected chi connectivity index (χ2v) is 11.1. The number of hydrogen-bond acceptors (Lipinski definition) is 3. The Balaban J connectivity index is 1.92. The molecule has 2 aromatic heterocycles. The van der Waals surface area contributed by atoms with Crippen LogP contribution in [0.1, 0.15) is 18.5 Å². The van der Waals surface area contributed by atoms with Gasteiger partial charge in [0.2, 0.25) is 11.9 Å². The van der Waals surface area contributed by atoms with Gasteiger partial charge in [0.05, 0.1) is 0 Å². The lowest BCUT2D eigenvalue weighted by atomic mass is 10.3. The summed E-state index contributed by atoms with van der Waals surface area (Å²) in [6.07, 6.45) is 1.93. The molecule has 6 heteroatoms. The molecule has 1 saturated carbocycles. The molecular weight excluding hydrogens is 280 g/mol. The van der Waals surface area contributed by atoms with Crippen LogP contribution in [0.25, 0.3) is 5.65 Å². The van der Waals surface area contributed by atoms with Gasteiger partial charge in [-0.15, -0.1) is 10.6 Å². The average Bonchev–Trinajstić information content (AvgIpc) is 3.16. The molecule has 0 aliphatic heterocycles. The van der Waals surface area contributed by atoms with Gasteiger partial charge in [-0.2, -0.15) is 4.98 Å². The first-order chi connectivity index (χ1) is 9.92. The molecule has 1 amide bonds. The number of fused-ring (bicyclic) bond motifs is 1. The van der Waals surface area contributed by atoms with E-state index in [-0.39, 0.29) is 11.8 Å². The highest BCUT2D eigenvalue weighted by atomic mass is 28.3. The maximum Gasteiger partial charge on any atom is 0.249 e. The van der Waals surface area contributed by atoms with Crippen molar-refractivity contribution in [3.8, 4) is 11.5 Å². The fraction of sp³-hybridized carbons (Fsp3) is 0.400. The van der Waals surface area contributed by atoms with Crippen LogP contribution in [0.5, 0.6) is 0 Å². The molecule has 108 valence electrons. The first kappa shape index (κ1) is 13.8. The maximum absolute atomic E-state index is 11.8. The number of anilines is 1. The number of nitrogens with one attached hydrogen (secondary N) is 1. The van der Waals surface area contributed by atoms with E-state index in [1.165, 1.54) is 0 Å². The number of aromatic nitrogens is 3. The Bertz CT molecular complexity index is 759. The van der Waals surface area contributed by atoms with Crippen molar-refractivity contribution in [3.63, 3.8) is 0 Å². The van der Waals surface area contributed by atoms with Gasteiger partial charge in [0.1, 0.15) is 13.8 Å². The van der Waals surface area contributed by atoms with Crippen LogP contribution in [0, 0.1) is 17.4 Å². The molecule has 0 bridgehead atoms. The Morgan fingerprint density at radius 3 is 2.81 bits per heavy atom. The third-order valence-corrected chi connectivity index (χ3v) is 3.98. The molecule has 5 nitrogen and oxygen atoms in total. The van der Waals surface area contributed by atoms with Crippen molar-refractivity contribution < 1.29 is 4.79 Å². The minimum atomic E-state index is -1.45. The van der Waals surface area contributed by atoms with Crippen molar-refractivity contribution in [2.75, 3.05) is 5.32 Å². The third kappa shape index (κ3) is 3.31. The van der Waals surface area contributed by atoms with Crippen LogP contribution >= 0.6 is 0 Å². The smallest absolute Gasteiger partial charge is 0.249 e. The second-order valence-electron chi connectivity index (χ2n) is 6.38. The molecule has 0 atom stereocenters. The Kier molecular flexibility index (Phi) is 3.30. The van der Waals surface area contributed by atoms with E-state index >= 15 is 0 Å². The summed E-state index contributed by atoms with van der Waals surface area (Å²) in [7, 11) is -1.45. The number of pyridine rings is 1. The quantitative estimate of drug-likeness (QED) is 0.683. The highest BCUT2D eigenvalue weighted by molar-refractivity contribution is 6.83. The zero-order valence-corrected chi connectivity index (χ0v) is 13.5. The number of carbonyl (C=O) groups is 1. The van der Waals surface area contributed by atoms with Gasteiger partial charge in [-0.3, -0.25) is 10.1 Å². The second kappa shape index (κ2) is 5.01. The molecule has 1 N–H and O–H groups in total. The van der Waals surface area contributed by atoms with E-state index in [1.807, 2.05) is 18.2 Å². The Labute approximate surface area is 124 Å². The molecule has 21 heavy (non-hydrogen) atoms. The summed E-state index contributed by atoms with van der Waals surface area (Å²) in [5, 5.41) is 7.12. The van der Waals surface area contributed by atoms with Gasteiger partial charge in [0.25, 0.3) is 0 Å². The maximum atomic E-state index is 11.8. The molecule has 0 aromatic carbocycles. The van der Waals surface area contributed by atoms with Crippen LogP contribution < -0.4 is 5.32 Å². The lowest BCUT2D eigenvalue weighted by Gasteiger charge is -2.03. The topological polar surface area (TPSA) is 59.3 Å². The number of nitrogens with zero attached hydrogens (tertiary/aromatic N) is 3. The van der Waals surface area contributed by atoms with Gasteiger partial charge in [-0.1, -0.05) is 31.6 Å². The SMILES string of the molecule is C[Si](C)(C)C#Cc1cccc2nc(NC(=O)C3CC3)nn12. The number of hydrogen-bond donors (Lipinski definition) is 1. The van der Waals surface area contributed by atoms with Gasteiger partial charge in [0, 0.05) is 5.92 Å². The normalized spacial score (nSPS) is 14.6. The van der Waals surface area contributed by atoms with Crippen molar-refractivity contribution in [1.82, 2.24) is 14.6 Å². The summed E-state index contributed by atoms with van der Waals surface area (Å²) in [6, 6.07) is 5.69. The van der Waals surface area contributed by atoms with E-state index in [9.17, 15) is 4.79 Å². The zero-order chi connectivity index (χ0) is 15.0. The van der Waals surface area contributed by atoms with E-state index in [2.05, 4.69) is 46.5 Å². The van der Waals surface area contributed by atoms with Crippen molar-refractivity contribution in [2.24, 2.45) is 5.92 Å². The zero-order valence-electron chi connectivity index (χ0n) is 12.5. The first-order valence-electron chi connectivity index (χ1n) is 7.12. The lowest BCUT2D eigenvalue weighted by Crippen LogP contribution is -2.16. The number of rotatable bonds is 2. The monoisotopic (exact) mass is 298 g/mol. The molecule has 2 aromatic rings. The molecule has 1 aliphatic carbocycles. The van der Waals surface area contributed by atoms with Crippen molar-refractivity contribution in [1.29, 1.82) is 0 Å².